The van der Waals surface area contributed by atoms with Crippen molar-refractivity contribution < 1.29 is 27.8 Å². The van der Waals surface area contributed by atoms with Crippen LogP contribution < -0.4 is 5.32 Å². The summed E-state index contributed by atoms with van der Waals surface area (Å²) >= 11 is 0. The standard InChI is InChI=1S/C10H8F3NO3/c11-7-3-5(15)1-2-6(7)8-10(12,13)4-17-9(16)14-8/h1-3,8,15H,4H2,(H,14,16)/t8-/m1/s1. The molecule has 1 fully saturated rings. The van der Waals surface area contributed by atoms with Gasteiger partial charge in [0.2, 0.25) is 0 Å². The number of halogens is 3. The molecule has 0 radical (unpaired) electrons. The number of rotatable bonds is 1. The van der Waals surface area contributed by atoms with E-state index in [0.29, 0.717) is 6.07 Å². The van der Waals surface area contributed by atoms with Gasteiger partial charge in [-0.15, -0.1) is 0 Å². The molecule has 1 atom stereocenters. The molecular formula is C10H8F3NO3. The third kappa shape index (κ3) is 2.13. The molecule has 2 N–H and O–H groups in total. The van der Waals surface area contributed by atoms with Crippen LogP contribution >= 0.6 is 0 Å². The van der Waals surface area contributed by atoms with Crippen molar-refractivity contribution in [1.82, 2.24) is 5.32 Å². The summed E-state index contributed by atoms with van der Waals surface area (Å²) in [6.45, 7) is -1.11. The van der Waals surface area contributed by atoms with Crippen LogP contribution in [0.1, 0.15) is 11.6 Å². The van der Waals surface area contributed by atoms with Crippen molar-refractivity contribution in [3.05, 3.63) is 29.6 Å². The second kappa shape index (κ2) is 3.83. The number of hydrogen-bond acceptors (Lipinski definition) is 3. The van der Waals surface area contributed by atoms with Gasteiger partial charge in [0, 0.05) is 11.6 Å². The zero-order chi connectivity index (χ0) is 12.6. The van der Waals surface area contributed by atoms with E-state index in [1.165, 1.54) is 0 Å². The average Bonchev–Trinajstić information content (AvgIpc) is 2.23. The Kier molecular flexibility index (Phi) is 2.60. The van der Waals surface area contributed by atoms with Gasteiger partial charge in [-0.25, -0.2) is 18.0 Å². The van der Waals surface area contributed by atoms with Gasteiger partial charge in [-0.3, -0.25) is 0 Å². The van der Waals surface area contributed by atoms with Crippen molar-refractivity contribution in [2.24, 2.45) is 0 Å². The van der Waals surface area contributed by atoms with Crippen molar-refractivity contribution in [2.45, 2.75) is 12.0 Å². The van der Waals surface area contributed by atoms with Gasteiger partial charge < -0.3 is 15.2 Å². The van der Waals surface area contributed by atoms with Gasteiger partial charge in [0.05, 0.1) is 0 Å². The van der Waals surface area contributed by atoms with Crippen LogP contribution in [0.15, 0.2) is 18.2 Å². The lowest BCUT2D eigenvalue weighted by Crippen LogP contribution is -2.49. The molecule has 0 saturated carbocycles. The molecule has 0 unspecified atom stereocenters. The highest BCUT2D eigenvalue weighted by molar-refractivity contribution is 5.69. The summed E-state index contributed by atoms with van der Waals surface area (Å²) in [5.41, 5.74) is -0.399. The highest BCUT2D eigenvalue weighted by Crippen LogP contribution is 2.36. The van der Waals surface area contributed by atoms with Crippen LogP contribution in [0.2, 0.25) is 0 Å². The Morgan fingerprint density at radius 1 is 1.47 bits per heavy atom. The number of alkyl halides is 2. The molecule has 1 aromatic rings. The van der Waals surface area contributed by atoms with Gasteiger partial charge in [-0.2, -0.15) is 0 Å². The molecule has 1 aliphatic heterocycles. The predicted octanol–water partition coefficient (Wildman–Crippen LogP) is 1.95. The van der Waals surface area contributed by atoms with Crippen molar-refractivity contribution in [1.29, 1.82) is 0 Å². The Morgan fingerprint density at radius 3 is 2.82 bits per heavy atom. The fourth-order valence-electron chi connectivity index (χ4n) is 1.57. The Hall–Kier alpha value is -1.92. The predicted molar refractivity (Wildman–Crippen MR) is 50.2 cm³/mol. The minimum absolute atomic E-state index is 0.382. The molecule has 1 saturated heterocycles. The Bertz CT molecular complexity index is 464. The lowest BCUT2D eigenvalue weighted by Gasteiger charge is -2.31. The summed E-state index contributed by atoms with van der Waals surface area (Å²) in [6, 6.07) is 0.960. The fraction of sp³-hybridized carbons (Fsp3) is 0.300. The van der Waals surface area contributed by atoms with Gasteiger partial charge in [0.25, 0.3) is 0 Å². The van der Waals surface area contributed by atoms with E-state index in [2.05, 4.69) is 4.74 Å². The summed E-state index contributed by atoms with van der Waals surface area (Å²) < 4.78 is 44.4. The monoisotopic (exact) mass is 247 g/mol. The molecule has 2 rings (SSSR count). The molecule has 17 heavy (non-hydrogen) atoms. The summed E-state index contributed by atoms with van der Waals surface area (Å²) in [5.74, 6) is -4.81. The first-order chi connectivity index (χ1) is 7.90. The van der Waals surface area contributed by atoms with Gasteiger partial charge in [0.1, 0.15) is 17.6 Å². The van der Waals surface area contributed by atoms with Crippen molar-refractivity contribution in [3.63, 3.8) is 0 Å². The molecule has 1 aromatic carbocycles. The van der Waals surface area contributed by atoms with E-state index < -0.39 is 36.0 Å². The van der Waals surface area contributed by atoms with E-state index in [1.54, 1.807) is 0 Å². The normalized spacial score (nSPS) is 22.8. The Balaban J connectivity index is 2.39. The van der Waals surface area contributed by atoms with Gasteiger partial charge in [-0.1, -0.05) is 6.07 Å². The molecule has 7 heteroatoms. The molecule has 0 spiro atoms. The number of phenolic OH excluding ortho intramolecular Hbond substituents is 1. The lowest BCUT2D eigenvalue weighted by atomic mass is 9.99. The number of benzene rings is 1. The summed E-state index contributed by atoms with van der Waals surface area (Å²) in [5, 5.41) is 10.8. The summed E-state index contributed by atoms with van der Waals surface area (Å²) in [4.78, 5) is 10.9. The molecule has 92 valence electrons. The number of hydrogen-bond donors (Lipinski definition) is 2. The molecule has 1 aliphatic rings. The number of ether oxygens (including phenoxy) is 1. The molecule has 4 nitrogen and oxygen atoms in total. The Morgan fingerprint density at radius 2 is 2.18 bits per heavy atom. The molecule has 1 heterocycles. The maximum Gasteiger partial charge on any atom is 0.408 e. The number of alkyl carbamates (subject to hydrolysis) is 1. The van der Waals surface area contributed by atoms with Crippen LogP contribution in [0, 0.1) is 5.82 Å². The highest BCUT2D eigenvalue weighted by atomic mass is 19.3. The van der Waals surface area contributed by atoms with Crippen LogP contribution in [0.3, 0.4) is 0 Å². The smallest absolute Gasteiger partial charge is 0.408 e. The highest BCUT2D eigenvalue weighted by Gasteiger charge is 2.47. The van der Waals surface area contributed by atoms with Gasteiger partial charge in [0.15, 0.2) is 6.61 Å². The number of amides is 1. The van der Waals surface area contributed by atoms with Crippen LogP contribution in [-0.4, -0.2) is 23.7 Å². The number of aromatic hydroxyl groups is 1. The molecule has 0 aliphatic carbocycles. The van der Waals surface area contributed by atoms with E-state index in [1.807, 2.05) is 5.32 Å². The van der Waals surface area contributed by atoms with E-state index in [0.717, 1.165) is 12.1 Å². The maximum atomic E-state index is 13.4. The van der Waals surface area contributed by atoms with Crippen LogP contribution in [0.4, 0.5) is 18.0 Å². The lowest BCUT2D eigenvalue weighted by molar-refractivity contribution is -0.105. The number of carbonyl (C=O) groups is 1. The number of cyclic esters (lactones) is 1. The quantitative estimate of drug-likeness (QED) is 0.797. The minimum atomic E-state index is -3.41. The number of phenols is 1. The first-order valence-electron chi connectivity index (χ1n) is 4.70. The molecule has 0 bridgehead atoms. The van der Waals surface area contributed by atoms with Crippen molar-refractivity contribution >= 4 is 6.09 Å². The molecule has 1 amide bonds. The topological polar surface area (TPSA) is 58.6 Å². The fourth-order valence-corrected chi connectivity index (χ4v) is 1.57. The summed E-state index contributed by atoms with van der Waals surface area (Å²) in [7, 11) is 0. The molecular weight excluding hydrogens is 239 g/mol. The van der Waals surface area contributed by atoms with Crippen molar-refractivity contribution in [2.75, 3.05) is 6.61 Å². The number of carbonyl (C=O) groups excluding carboxylic acids is 1. The maximum absolute atomic E-state index is 13.4. The van der Waals surface area contributed by atoms with Gasteiger partial charge >= 0.3 is 12.0 Å². The second-order valence-corrected chi connectivity index (χ2v) is 3.62. The number of nitrogens with one attached hydrogen (secondary N) is 1. The van der Waals surface area contributed by atoms with Crippen LogP contribution in [0.5, 0.6) is 5.75 Å². The zero-order valence-electron chi connectivity index (χ0n) is 8.41. The Labute approximate surface area is 94.0 Å². The second-order valence-electron chi connectivity index (χ2n) is 3.62. The largest absolute Gasteiger partial charge is 0.508 e. The summed E-state index contributed by atoms with van der Waals surface area (Å²) in [6.07, 6.45) is -1.03. The van der Waals surface area contributed by atoms with E-state index in [4.69, 9.17) is 5.11 Å². The third-order valence-electron chi connectivity index (χ3n) is 2.38. The van der Waals surface area contributed by atoms with E-state index in [-0.39, 0.29) is 5.75 Å². The van der Waals surface area contributed by atoms with E-state index >= 15 is 0 Å². The van der Waals surface area contributed by atoms with Gasteiger partial charge in [-0.05, 0) is 6.07 Å². The van der Waals surface area contributed by atoms with Crippen LogP contribution in [-0.2, 0) is 4.74 Å². The zero-order valence-corrected chi connectivity index (χ0v) is 8.41. The van der Waals surface area contributed by atoms with E-state index in [9.17, 15) is 18.0 Å². The first-order valence-corrected chi connectivity index (χ1v) is 4.70. The first kappa shape index (κ1) is 11.6. The third-order valence-corrected chi connectivity index (χ3v) is 2.38. The van der Waals surface area contributed by atoms with Crippen molar-refractivity contribution in [3.8, 4) is 5.75 Å². The van der Waals surface area contributed by atoms with Crippen LogP contribution in [0.25, 0.3) is 0 Å². The minimum Gasteiger partial charge on any atom is -0.508 e. The molecule has 0 aromatic heterocycles. The average molecular weight is 247 g/mol. The SMILES string of the molecule is O=C1N[C@H](c2ccc(O)cc2F)C(F)(F)CO1.